The Morgan fingerprint density at radius 3 is 2.44 bits per heavy atom. The van der Waals surface area contributed by atoms with Gasteiger partial charge in [-0.3, -0.25) is 0 Å². The van der Waals surface area contributed by atoms with Gasteiger partial charge < -0.3 is 0 Å². The molecule has 1 unspecified atom stereocenters. The number of allylic oxidation sites excluding steroid dienone is 1. The van der Waals surface area contributed by atoms with Crippen LogP contribution in [0, 0.1) is 0 Å². The topological polar surface area (TPSA) is 12.0 Å². The molecule has 1 atom stereocenters. The third kappa shape index (κ3) is 2.03. The molecule has 0 saturated heterocycles. The molecule has 0 radical (unpaired) electrons. The molecule has 0 aromatic heterocycles. The summed E-state index contributed by atoms with van der Waals surface area (Å²) in [5.41, 5.74) is 4.89. The fourth-order valence-electron chi connectivity index (χ4n) is 3.61. The van der Waals surface area contributed by atoms with E-state index >= 15 is 0 Å². The van der Waals surface area contributed by atoms with Crippen LogP contribution < -0.4 is 5.32 Å². The second-order valence-corrected chi connectivity index (χ2v) is 16.7. The van der Waals surface area contributed by atoms with Gasteiger partial charge in [-0.15, -0.1) is 0 Å². The Morgan fingerprint density at radius 1 is 1.11 bits per heavy atom. The van der Waals surface area contributed by atoms with Crippen molar-refractivity contribution in [1.82, 2.24) is 5.32 Å². The first kappa shape index (κ1) is 12.3. The van der Waals surface area contributed by atoms with E-state index in [9.17, 15) is 0 Å². The van der Waals surface area contributed by atoms with Crippen molar-refractivity contribution in [3.05, 3.63) is 47.2 Å². The summed E-state index contributed by atoms with van der Waals surface area (Å²) in [4.78, 5) is 0. The van der Waals surface area contributed by atoms with Gasteiger partial charge >= 0.3 is 113 Å². The molecule has 0 amide bonds. The molecule has 1 aromatic rings. The van der Waals surface area contributed by atoms with E-state index in [1.165, 1.54) is 33.0 Å². The Morgan fingerprint density at radius 2 is 1.83 bits per heavy atom. The normalized spacial score (nSPS) is 25.1. The van der Waals surface area contributed by atoms with Gasteiger partial charge in [-0.1, -0.05) is 0 Å². The molecule has 2 aliphatic heterocycles. The average Bonchev–Trinajstić information content (AvgIpc) is 2.95. The number of hydrogen-bond donors (Lipinski definition) is 1. The van der Waals surface area contributed by atoms with Crippen molar-refractivity contribution in [3.63, 3.8) is 0 Å². The summed E-state index contributed by atoms with van der Waals surface area (Å²) in [6.45, 7) is 4.86. The summed E-state index contributed by atoms with van der Waals surface area (Å²) in [7, 11) is 0. The Hall–Kier alpha value is -0.697. The predicted octanol–water partition coefficient (Wildman–Crippen LogP) is 4.48. The zero-order chi connectivity index (χ0) is 12.6. The molecule has 2 heteroatoms. The van der Waals surface area contributed by atoms with Crippen LogP contribution in [0.1, 0.15) is 31.9 Å². The first-order valence-corrected chi connectivity index (χ1v) is 13.2. The van der Waals surface area contributed by atoms with Crippen LogP contribution in [0.3, 0.4) is 0 Å². The molecule has 0 aliphatic carbocycles. The number of hydrogen-bond acceptors (Lipinski definition) is 1. The number of nitrogens with one attached hydrogen (secondary N) is 1. The predicted molar refractivity (Wildman–Crippen MR) is 80.3 cm³/mol. The van der Waals surface area contributed by atoms with Crippen molar-refractivity contribution in [2.45, 2.75) is 47.3 Å². The van der Waals surface area contributed by atoms with Crippen LogP contribution in [-0.2, 0) is 0 Å². The van der Waals surface area contributed by atoms with Crippen LogP contribution in [0.15, 0.2) is 41.6 Å². The van der Waals surface area contributed by atoms with Crippen molar-refractivity contribution in [2.24, 2.45) is 0 Å². The van der Waals surface area contributed by atoms with Crippen molar-refractivity contribution < 1.29 is 0 Å². The molecule has 96 valence electrons. The second-order valence-electron chi connectivity index (χ2n) is 5.95. The first-order valence-electron chi connectivity index (χ1n) is 7.29. The molecule has 1 aromatic carbocycles. The van der Waals surface area contributed by atoms with Gasteiger partial charge in [-0.2, -0.15) is 0 Å². The van der Waals surface area contributed by atoms with Crippen molar-refractivity contribution in [1.29, 1.82) is 0 Å². The standard InChI is InChI=1S/C16H23GeN/c1-3-17(4-2)11-14-10-15(18-16(14)12-17)13-8-6-5-7-9-13/h5-9,15,18H,3-4,10-12H2,1-2H3. The van der Waals surface area contributed by atoms with Gasteiger partial charge in [0, 0.05) is 0 Å². The molecule has 3 rings (SSSR count). The third-order valence-corrected chi connectivity index (χ3v) is 16.1. The minimum atomic E-state index is -1.47. The van der Waals surface area contributed by atoms with E-state index < -0.39 is 13.3 Å². The van der Waals surface area contributed by atoms with Crippen LogP contribution in [0.25, 0.3) is 0 Å². The molecule has 0 bridgehead atoms. The van der Waals surface area contributed by atoms with E-state index in [0.717, 1.165) is 0 Å². The second kappa shape index (κ2) is 4.77. The van der Waals surface area contributed by atoms with Crippen LogP contribution in [-0.4, -0.2) is 13.3 Å². The Bertz CT molecular complexity index is 439. The van der Waals surface area contributed by atoms with Gasteiger partial charge in [0.1, 0.15) is 0 Å². The van der Waals surface area contributed by atoms with Gasteiger partial charge in [0.15, 0.2) is 0 Å². The van der Waals surface area contributed by atoms with Crippen LogP contribution in [0.5, 0.6) is 0 Å². The van der Waals surface area contributed by atoms with Gasteiger partial charge in [-0.25, -0.2) is 0 Å². The van der Waals surface area contributed by atoms with Crippen molar-refractivity contribution >= 4 is 13.3 Å². The van der Waals surface area contributed by atoms with Crippen LogP contribution >= 0.6 is 0 Å². The molecule has 0 spiro atoms. The van der Waals surface area contributed by atoms with Gasteiger partial charge in [-0.05, 0) is 0 Å². The van der Waals surface area contributed by atoms with E-state index in [0.29, 0.717) is 6.04 Å². The Kier molecular flexibility index (Phi) is 3.27. The van der Waals surface area contributed by atoms with Gasteiger partial charge in [0.2, 0.25) is 0 Å². The minimum absolute atomic E-state index is 0.560. The van der Waals surface area contributed by atoms with Crippen LogP contribution in [0.2, 0.25) is 21.0 Å². The van der Waals surface area contributed by atoms with Gasteiger partial charge in [0.05, 0.1) is 0 Å². The third-order valence-electron chi connectivity index (χ3n) is 5.07. The molecule has 0 saturated carbocycles. The maximum absolute atomic E-state index is 3.82. The molecule has 1 nitrogen and oxygen atoms in total. The summed E-state index contributed by atoms with van der Waals surface area (Å²) in [6.07, 6.45) is 1.27. The Labute approximate surface area is 113 Å². The van der Waals surface area contributed by atoms with Crippen LogP contribution in [0.4, 0.5) is 0 Å². The molecule has 1 N–H and O–H groups in total. The zero-order valence-corrected chi connectivity index (χ0v) is 13.6. The Balaban J connectivity index is 1.72. The molecule has 18 heavy (non-hydrogen) atoms. The van der Waals surface area contributed by atoms with Crippen molar-refractivity contribution in [3.8, 4) is 0 Å². The van der Waals surface area contributed by atoms with Crippen molar-refractivity contribution in [2.75, 3.05) is 0 Å². The molecular weight excluding hydrogens is 279 g/mol. The average molecular weight is 302 g/mol. The van der Waals surface area contributed by atoms with Gasteiger partial charge in [0.25, 0.3) is 0 Å². The summed E-state index contributed by atoms with van der Waals surface area (Å²) < 4.78 is 0. The summed E-state index contributed by atoms with van der Waals surface area (Å²) in [5, 5.41) is 9.80. The summed E-state index contributed by atoms with van der Waals surface area (Å²) >= 11 is -1.47. The summed E-state index contributed by atoms with van der Waals surface area (Å²) in [6, 6.07) is 11.5. The van der Waals surface area contributed by atoms with E-state index in [2.05, 4.69) is 49.5 Å². The first-order chi connectivity index (χ1) is 8.76. The van der Waals surface area contributed by atoms with E-state index in [-0.39, 0.29) is 0 Å². The number of rotatable bonds is 3. The van der Waals surface area contributed by atoms with E-state index in [4.69, 9.17) is 0 Å². The fourth-order valence-corrected chi connectivity index (χ4v) is 12.0. The molecular formula is C16H23GeN. The molecule has 2 heterocycles. The quantitative estimate of drug-likeness (QED) is 0.812. The van der Waals surface area contributed by atoms with E-state index in [1.54, 1.807) is 11.3 Å². The van der Waals surface area contributed by atoms with E-state index in [1.807, 2.05) is 0 Å². The monoisotopic (exact) mass is 303 g/mol. The number of benzene rings is 1. The molecule has 2 aliphatic rings. The maximum atomic E-state index is 3.82. The zero-order valence-electron chi connectivity index (χ0n) is 11.5. The fraction of sp³-hybridized carbons (Fsp3) is 0.500. The SMILES string of the molecule is C[CH2][Ge]1([CH2]C)[CH2]C2=C([CH2]1)NC(c1ccccc1)C2. The summed E-state index contributed by atoms with van der Waals surface area (Å²) in [5.74, 6) is 0. The molecule has 0 fully saturated rings.